The summed E-state index contributed by atoms with van der Waals surface area (Å²) < 4.78 is 49.8. The van der Waals surface area contributed by atoms with Gasteiger partial charge in [-0.25, -0.2) is 4.98 Å². The third-order valence-electron chi connectivity index (χ3n) is 6.10. The Morgan fingerprint density at radius 1 is 1.27 bits per heavy atom. The van der Waals surface area contributed by atoms with Gasteiger partial charge in [0.25, 0.3) is 0 Å². The molecule has 1 aromatic heterocycles. The molecule has 33 heavy (non-hydrogen) atoms. The predicted octanol–water partition coefficient (Wildman–Crippen LogP) is 4.36. The van der Waals surface area contributed by atoms with Gasteiger partial charge in [0.05, 0.1) is 12.2 Å². The first-order chi connectivity index (χ1) is 15.7. The highest BCUT2D eigenvalue weighted by Crippen LogP contribution is 2.35. The Morgan fingerprint density at radius 2 is 2.03 bits per heavy atom. The summed E-state index contributed by atoms with van der Waals surface area (Å²) in [6, 6.07) is 6.37. The number of carbonyl (C=O) groups excluding carboxylic acids is 1. The molecule has 1 atom stereocenters. The second-order valence-electron chi connectivity index (χ2n) is 8.52. The Kier molecular flexibility index (Phi) is 6.67. The molecule has 178 valence electrons. The van der Waals surface area contributed by atoms with Crippen LogP contribution in [0.4, 0.5) is 19.0 Å². The highest BCUT2D eigenvalue weighted by atomic mass is 19.4. The van der Waals surface area contributed by atoms with Gasteiger partial charge >= 0.3 is 6.18 Å². The van der Waals surface area contributed by atoms with Gasteiger partial charge in [-0.15, -0.1) is 0 Å². The number of aromatic nitrogens is 1. The minimum absolute atomic E-state index is 0.0349. The van der Waals surface area contributed by atoms with Crippen molar-refractivity contribution < 1.29 is 27.4 Å². The van der Waals surface area contributed by atoms with Gasteiger partial charge in [-0.05, 0) is 51.0 Å². The van der Waals surface area contributed by atoms with Crippen molar-refractivity contribution in [3.8, 4) is 11.5 Å². The zero-order valence-electron chi connectivity index (χ0n) is 18.7. The summed E-state index contributed by atoms with van der Waals surface area (Å²) in [5.74, 6) is 1.91. The summed E-state index contributed by atoms with van der Waals surface area (Å²) in [7, 11) is 0. The lowest BCUT2D eigenvalue weighted by atomic mass is 9.95. The molecule has 0 bridgehead atoms. The summed E-state index contributed by atoms with van der Waals surface area (Å²) in [5, 5.41) is 3.01. The summed E-state index contributed by atoms with van der Waals surface area (Å²) in [6.07, 6.45) is -1.36. The molecular formula is C24H28F3N3O3. The molecule has 1 saturated heterocycles. The SMILES string of the molecule is CCOc1cc2c(cc1CNC(=O)C1CCN(c3ccc(C(F)(F)F)cn3)CC1)OC(C)C2. The van der Waals surface area contributed by atoms with Gasteiger partial charge in [0.2, 0.25) is 5.91 Å². The zero-order valence-corrected chi connectivity index (χ0v) is 18.7. The number of benzene rings is 1. The minimum atomic E-state index is -4.40. The first kappa shape index (κ1) is 23.2. The van der Waals surface area contributed by atoms with E-state index < -0.39 is 11.7 Å². The van der Waals surface area contributed by atoms with Crippen LogP contribution in [0.5, 0.6) is 11.5 Å². The third kappa shape index (κ3) is 5.34. The second kappa shape index (κ2) is 9.49. The van der Waals surface area contributed by atoms with E-state index >= 15 is 0 Å². The molecular weight excluding hydrogens is 435 g/mol. The number of ether oxygens (including phenoxy) is 2. The van der Waals surface area contributed by atoms with Gasteiger partial charge in [0, 0.05) is 49.3 Å². The highest BCUT2D eigenvalue weighted by molar-refractivity contribution is 5.79. The standard InChI is InChI=1S/C24H28F3N3O3/c1-3-32-20-11-17-10-15(2)33-21(17)12-18(20)13-29-23(31)16-6-8-30(9-7-16)22-5-4-19(14-28-22)24(25,26)27/h4-5,11-12,14-16H,3,6-10,13H2,1-2H3,(H,29,31). The van der Waals surface area contributed by atoms with Crippen LogP contribution in [-0.2, 0) is 23.9 Å². The van der Waals surface area contributed by atoms with Crippen molar-refractivity contribution in [2.24, 2.45) is 5.92 Å². The van der Waals surface area contributed by atoms with Crippen molar-refractivity contribution in [3.05, 3.63) is 47.2 Å². The van der Waals surface area contributed by atoms with Gasteiger partial charge in [-0.3, -0.25) is 4.79 Å². The molecule has 0 aliphatic carbocycles. The third-order valence-corrected chi connectivity index (χ3v) is 6.10. The molecule has 2 aromatic rings. The maximum atomic E-state index is 12.8. The second-order valence-corrected chi connectivity index (χ2v) is 8.52. The van der Waals surface area contributed by atoms with Crippen LogP contribution in [0.25, 0.3) is 0 Å². The number of anilines is 1. The fraction of sp³-hybridized carbons (Fsp3) is 0.500. The normalized spacial score (nSPS) is 18.6. The van der Waals surface area contributed by atoms with Crippen molar-refractivity contribution in [2.45, 2.75) is 51.9 Å². The summed E-state index contributed by atoms with van der Waals surface area (Å²) >= 11 is 0. The van der Waals surface area contributed by atoms with Crippen molar-refractivity contribution in [3.63, 3.8) is 0 Å². The van der Waals surface area contributed by atoms with Crippen LogP contribution in [0, 0.1) is 5.92 Å². The van der Waals surface area contributed by atoms with E-state index in [1.165, 1.54) is 6.07 Å². The number of rotatable bonds is 6. The lowest BCUT2D eigenvalue weighted by Gasteiger charge is -2.32. The maximum absolute atomic E-state index is 12.8. The fourth-order valence-electron chi connectivity index (χ4n) is 4.35. The molecule has 1 unspecified atom stereocenters. The molecule has 0 radical (unpaired) electrons. The number of hydrogen-bond donors (Lipinski definition) is 1. The lowest BCUT2D eigenvalue weighted by Crippen LogP contribution is -2.40. The van der Waals surface area contributed by atoms with Crippen LogP contribution in [0.2, 0.25) is 0 Å². The maximum Gasteiger partial charge on any atom is 0.417 e. The van der Waals surface area contributed by atoms with Gasteiger partial charge in [0.1, 0.15) is 23.4 Å². The molecule has 2 aliphatic rings. The molecule has 6 nitrogen and oxygen atoms in total. The minimum Gasteiger partial charge on any atom is -0.494 e. The molecule has 1 N–H and O–H groups in total. The number of piperidine rings is 1. The van der Waals surface area contributed by atoms with Crippen molar-refractivity contribution in [1.29, 1.82) is 0 Å². The summed E-state index contributed by atoms with van der Waals surface area (Å²) in [5.41, 5.74) is 1.23. The van der Waals surface area contributed by atoms with Crippen LogP contribution in [0.3, 0.4) is 0 Å². The number of fused-ring (bicyclic) bond motifs is 1. The number of amides is 1. The van der Waals surface area contributed by atoms with Crippen LogP contribution < -0.4 is 19.7 Å². The predicted molar refractivity (Wildman–Crippen MR) is 117 cm³/mol. The average Bonchev–Trinajstić information content (AvgIpc) is 3.16. The average molecular weight is 464 g/mol. The Balaban J connectivity index is 1.32. The van der Waals surface area contributed by atoms with Crippen LogP contribution in [0.1, 0.15) is 43.4 Å². The quantitative estimate of drug-likeness (QED) is 0.690. The van der Waals surface area contributed by atoms with Crippen LogP contribution in [0.15, 0.2) is 30.5 Å². The number of alkyl halides is 3. The van der Waals surface area contributed by atoms with E-state index in [9.17, 15) is 18.0 Å². The smallest absolute Gasteiger partial charge is 0.417 e. The zero-order chi connectivity index (χ0) is 23.6. The number of nitrogens with one attached hydrogen (secondary N) is 1. The Bertz CT molecular complexity index is 987. The summed E-state index contributed by atoms with van der Waals surface area (Å²) in [6.45, 7) is 5.95. The van der Waals surface area contributed by atoms with E-state index in [1.54, 1.807) is 0 Å². The number of pyridine rings is 1. The van der Waals surface area contributed by atoms with E-state index in [1.807, 2.05) is 30.9 Å². The monoisotopic (exact) mass is 463 g/mol. The van der Waals surface area contributed by atoms with Gasteiger partial charge in [-0.1, -0.05) is 0 Å². The van der Waals surface area contributed by atoms with Crippen molar-refractivity contribution in [2.75, 3.05) is 24.6 Å². The molecule has 4 rings (SSSR count). The number of hydrogen-bond acceptors (Lipinski definition) is 5. The van der Waals surface area contributed by atoms with E-state index in [-0.39, 0.29) is 17.9 Å². The molecule has 3 heterocycles. The first-order valence-electron chi connectivity index (χ1n) is 11.3. The first-order valence-corrected chi connectivity index (χ1v) is 11.3. The van der Waals surface area contributed by atoms with E-state index in [0.717, 1.165) is 41.3 Å². The molecule has 0 saturated carbocycles. The van der Waals surface area contributed by atoms with Gasteiger partial charge < -0.3 is 19.7 Å². The largest absolute Gasteiger partial charge is 0.494 e. The van der Waals surface area contributed by atoms with Gasteiger partial charge in [0.15, 0.2) is 0 Å². The Hall–Kier alpha value is -2.97. The van der Waals surface area contributed by atoms with Gasteiger partial charge in [-0.2, -0.15) is 13.2 Å². The highest BCUT2D eigenvalue weighted by Gasteiger charge is 2.31. The van der Waals surface area contributed by atoms with Crippen LogP contribution >= 0.6 is 0 Å². The number of carbonyl (C=O) groups is 1. The number of halogens is 3. The van der Waals surface area contributed by atoms with E-state index in [4.69, 9.17) is 9.47 Å². The summed E-state index contributed by atoms with van der Waals surface area (Å²) in [4.78, 5) is 18.7. The molecule has 2 aliphatic heterocycles. The van der Waals surface area contributed by atoms with Crippen molar-refractivity contribution in [1.82, 2.24) is 10.3 Å². The fourth-order valence-corrected chi connectivity index (χ4v) is 4.35. The molecule has 0 spiro atoms. The van der Waals surface area contributed by atoms with Crippen LogP contribution in [-0.4, -0.2) is 36.7 Å². The van der Waals surface area contributed by atoms with E-state index in [2.05, 4.69) is 10.3 Å². The van der Waals surface area contributed by atoms with E-state index in [0.29, 0.717) is 44.9 Å². The molecule has 1 aromatic carbocycles. The number of nitrogens with zero attached hydrogens (tertiary/aromatic N) is 2. The molecule has 1 amide bonds. The Labute approximate surface area is 191 Å². The lowest BCUT2D eigenvalue weighted by molar-refractivity contribution is -0.137. The molecule has 1 fully saturated rings. The molecule has 9 heteroatoms. The Morgan fingerprint density at radius 3 is 2.67 bits per heavy atom. The van der Waals surface area contributed by atoms with Crippen molar-refractivity contribution >= 4 is 11.7 Å². The topological polar surface area (TPSA) is 63.7 Å².